The maximum Gasteiger partial charge on any atom is 0.274 e. The molecule has 3 rings (SSSR count). The number of anilines is 2. The van der Waals surface area contributed by atoms with Crippen LogP contribution in [0.5, 0.6) is 11.5 Å². The van der Waals surface area contributed by atoms with Gasteiger partial charge in [-0.25, -0.2) is 9.97 Å². The van der Waals surface area contributed by atoms with E-state index in [0.29, 0.717) is 23.8 Å². The van der Waals surface area contributed by atoms with Crippen LogP contribution in [0.4, 0.5) is 11.5 Å². The van der Waals surface area contributed by atoms with Gasteiger partial charge in [-0.3, -0.25) is 4.79 Å². The molecule has 0 unspecified atom stereocenters. The summed E-state index contributed by atoms with van der Waals surface area (Å²) in [7, 11) is 3.20. The number of carbonyl (C=O) groups is 1. The average Bonchev–Trinajstić information content (AvgIpc) is 2.74. The van der Waals surface area contributed by atoms with Crippen LogP contribution >= 0.6 is 0 Å². The zero-order chi connectivity index (χ0) is 19.8. The number of carbonyl (C=O) groups excluding carboxylic acids is 1. The summed E-state index contributed by atoms with van der Waals surface area (Å²) in [4.78, 5) is 20.7. The fourth-order valence-corrected chi connectivity index (χ4v) is 2.68. The predicted molar refractivity (Wildman–Crippen MR) is 108 cm³/mol. The number of nitrogens with zero attached hydrogens (tertiary/aromatic N) is 2. The highest BCUT2D eigenvalue weighted by atomic mass is 16.5. The minimum Gasteiger partial charge on any atom is -0.497 e. The van der Waals surface area contributed by atoms with Crippen LogP contribution in [-0.2, 0) is 6.42 Å². The fourth-order valence-electron chi connectivity index (χ4n) is 2.68. The van der Waals surface area contributed by atoms with Crippen LogP contribution in [0.1, 0.15) is 16.1 Å². The molecule has 144 valence electrons. The Bertz CT molecular complexity index is 946. The molecule has 0 saturated carbocycles. The van der Waals surface area contributed by atoms with E-state index in [2.05, 4.69) is 20.6 Å². The summed E-state index contributed by atoms with van der Waals surface area (Å²) in [5.41, 5.74) is 2.00. The van der Waals surface area contributed by atoms with E-state index in [1.165, 1.54) is 6.33 Å². The molecule has 7 nitrogen and oxygen atoms in total. The number of hydrogen-bond donors (Lipinski definition) is 2. The molecule has 7 heteroatoms. The van der Waals surface area contributed by atoms with Gasteiger partial charge in [-0.15, -0.1) is 0 Å². The quantitative estimate of drug-likeness (QED) is 0.625. The summed E-state index contributed by atoms with van der Waals surface area (Å²) in [6.45, 7) is 0.664. The molecule has 0 radical (unpaired) electrons. The minimum absolute atomic E-state index is 0.268. The van der Waals surface area contributed by atoms with Crippen molar-refractivity contribution < 1.29 is 14.3 Å². The smallest absolute Gasteiger partial charge is 0.274 e. The van der Waals surface area contributed by atoms with E-state index in [-0.39, 0.29) is 11.6 Å². The Balaban J connectivity index is 1.61. The molecule has 0 fully saturated rings. The number of hydrogen-bond acceptors (Lipinski definition) is 6. The maximum absolute atomic E-state index is 12.5. The zero-order valence-electron chi connectivity index (χ0n) is 15.8. The van der Waals surface area contributed by atoms with Gasteiger partial charge < -0.3 is 20.1 Å². The lowest BCUT2D eigenvalue weighted by Crippen LogP contribution is -2.15. The lowest BCUT2D eigenvalue weighted by molar-refractivity contribution is 0.102. The molecule has 1 heterocycles. The molecule has 1 aromatic heterocycles. The standard InChI is InChI=1S/C21H22N4O3/c1-27-16-7-5-6-15(12-16)10-11-22-20-13-18(23-14-24-20)21(26)25-17-8-3-4-9-19(17)28-2/h3-9,12-14H,10-11H2,1-2H3,(H,25,26)(H,22,23,24). The Hall–Kier alpha value is -3.61. The highest BCUT2D eigenvalue weighted by Gasteiger charge is 2.11. The van der Waals surface area contributed by atoms with E-state index in [0.717, 1.165) is 17.7 Å². The predicted octanol–water partition coefficient (Wildman–Crippen LogP) is 3.40. The maximum atomic E-state index is 12.5. The SMILES string of the molecule is COc1cccc(CCNc2cc(C(=O)Nc3ccccc3OC)ncn2)c1. The normalized spacial score (nSPS) is 10.2. The second-order valence-corrected chi connectivity index (χ2v) is 5.97. The number of benzene rings is 2. The molecular formula is C21H22N4O3. The molecule has 2 aromatic carbocycles. The van der Waals surface area contributed by atoms with Crippen molar-refractivity contribution in [2.75, 3.05) is 31.4 Å². The molecule has 2 N–H and O–H groups in total. The van der Waals surface area contributed by atoms with Crippen LogP contribution in [-0.4, -0.2) is 36.6 Å². The first-order valence-corrected chi connectivity index (χ1v) is 8.83. The first-order valence-electron chi connectivity index (χ1n) is 8.83. The molecular weight excluding hydrogens is 356 g/mol. The van der Waals surface area contributed by atoms with Gasteiger partial charge in [0.15, 0.2) is 0 Å². The van der Waals surface area contributed by atoms with E-state index in [9.17, 15) is 4.79 Å². The van der Waals surface area contributed by atoms with Crippen molar-refractivity contribution in [2.45, 2.75) is 6.42 Å². The van der Waals surface area contributed by atoms with Gasteiger partial charge in [0.05, 0.1) is 19.9 Å². The van der Waals surface area contributed by atoms with Crippen LogP contribution in [0.3, 0.4) is 0 Å². The third kappa shape index (κ3) is 4.97. The monoisotopic (exact) mass is 378 g/mol. The van der Waals surface area contributed by atoms with Gasteiger partial charge >= 0.3 is 0 Å². The van der Waals surface area contributed by atoms with Crippen molar-refractivity contribution in [1.82, 2.24) is 9.97 Å². The third-order valence-electron chi connectivity index (χ3n) is 4.11. The molecule has 3 aromatic rings. The van der Waals surface area contributed by atoms with Gasteiger partial charge in [-0.2, -0.15) is 0 Å². The molecule has 0 bridgehead atoms. The van der Waals surface area contributed by atoms with Crippen molar-refractivity contribution in [2.24, 2.45) is 0 Å². The number of rotatable bonds is 8. The summed E-state index contributed by atoms with van der Waals surface area (Å²) < 4.78 is 10.5. The summed E-state index contributed by atoms with van der Waals surface area (Å²) >= 11 is 0. The lowest BCUT2D eigenvalue weighted by Gasteiger charge is -2.10. The number of nitrogens with one attached hydrogen (secondary N) is 2. The molecule has 0 spiro atoms. The summed E-state index contributed by atoms with van der Waals surface area (Å²) in [5, 5.41) is 6.02. The Morgan fingerprint density at radius 2 is 1.86 bits per heavy atom. The highest BCUT2D eigenvalue weighted by molar-refractivity contribution is 6.04. The molecule has 0 aliphatic heterocycles. The first-order chi connectivity index (χ1) is 13.7. The van der Waals surface area contributed by atoms with Crippen molar-refractivity contribution in [3.05, 3.63) is 72.2 Å². The van der Waals surface area contributed by atoms with Gasteiger partial charge in [0.25, 0.3) is 5.91 Å². The molecule has 0 saturated heterocycles. The van der Waals surface area contributed by atoms with E-state index in [4.69, 9.17) is 9.47 Å². The van der Waals surface area contributed by atoms with E-state index in [1.54, 1.807) is 32.4 Å². The second kappa shape index (κ2) is 9.36. The molecule has 0 atom stereocenters. The molecule has 0 aliphatic carbocycles. The van der Waals surface area contributed by atoms with Gasteiger partial charge in [0.1, 0.15) is 29.3 Å². The number of aromatic nitrogens is 2. The van der Waals surface area contributed by atoms with E-state index >= 15 is 0 Å². The van der Waals surface area contributed by atoms with Crippen LogP contribution in [0.2, 0.25) is 0 Å². The molecule has 1 amide bonds. The summed E-state index contributed by atoms with van der Waals surface area (Å²) in [5.74, 6) is 1.67. The van der Waals surface area contributed by atoms with Crippen molar-refractivity contribution in [1.29, 1.82) is 0 Å². The van der Waals surface area contributed by atoms with E-state index < -0.39 is 0 Å². The number of ether oxygens (including phenoxy) is 2. The Morgan fingerprint density at radius 1 is 1.00 bits per heavy atom. The van der Waals surface area contributed by atoms with Gasteiger partial charge in [-0.05, 0) is 36.2 Å². The van der Waals surface area contributed by atoms with Crippen LogP contribution in [0.25, 0.3) is 0 Å². The fraction of sp³-hybridized carbons (Fsp3) is 0.190. The number of para-hydroxylation sites is 2. The molecule has 0 aliphatic rings. The van der Waals surface area contributed by atoms with Crippen LogP contribution in [0, 0.1) is 0 Å². The Kier molecular flexibility index (Phi) is 6.41. The van der Waals surface area contributed by atoms with Gasteiger partial charge in [-0.1, -0.05) is 24.3 Å². The molecule has 28 heavy (non-hydrogen) atoms. The zero-order valence-corrected chi connectivity index (χ0v) is 15.8. The summed E-state index contributed by atoms with van der Waals surface area (Å²) in [6.07, 6.45) is 2.16. The van der Waals surface area contributed by atoms with Gasteiger partial charge in [0.2, 0.25) is 0 Å². The van der Waals surface area contributed by atoms with Crippen LogP contribution < -0.4 is 20.1 Å². The van der Waals surface area contributed by atoms with Crippen molar-refractivity contribution in [3.8, 4) is 11.5 Å². The van der Waals surface area contributed by atoms with Gasteiger partial charge in [0, 0.05) is 12.6 Å². The minimum atomic E-state index is -0.331. The highest BCUT2D eigenvalue weighted by Crippen LogP contribution is 2.23. The summed E-state index contributed by atoms with van der Waals surface area (Å²) in [6, 6.07) is 16.7. The van der Waals surface area contributed by atoms with E-state index in [1.807, 2.05) is 36.4 Å². The average molecular weight is 378 g/mol. The van der Waals surface area contributed by atoms with Crippen molar-refractivity contribution >= 4 is 17.4 Å². The number of methoxy groups -OCH3 is 2. The topological polar surface area (TPSA) is 85.4 Å². The Morgan fingerprint density at radius 3 is 2.68 bits per heavy atom. The van der Waals surface area contributed by atoms with Crippen molar-refractivity contribution in [3.63, 3.8) is 0 Å². The lowest BCUT2D eigenvalue weighted by atomic mass is 10.1. The first kappa shape index (κ1) is 19.2. The van der Waals surface area contributed by atoms with Crippen LogP contribution in [0.15, 0.2) is 60.9 Å². The third-order valence-corrected chi connectivity index (χ3v) is 4.11. The number of amides is 1. The second-order valence-electron chi connectivity index (χ2n) is 5.97. The Labute approximate surface area is 163 Å². The largest absolute Gasteiger partial charge is 0.497 e.